The van der Waals surface area contributed by atoms with Gasteiger partial charge in [0.2, 0.25) is 5.91 Å². The van der Waals surface area contributed by atoms with Crippen molar-refractivity contribution in [1.82, 2.24) is 4.98 Å². The van der Waals surface area contributed by atoms with Crippen LogP contribution in [-0.4, -0.2) is 17.4 Å². The minimum absolute atomic E-state index is 0.137. The maximum atomic E-state index is 11.2. The van der Waals surface area contributed by atoms with Gasteiger partial charge < -0.3 is 16.4 Å². The number of benzene rings is 1. The standard InChI is InChI=1S/C14H16N4O/c15-13-4-2-1-3-11(13)9-18(10-14(16)19)12-5-7-17-8-6-12/h1-8H,9-10,15H2,(H2,16,19). The number of amides is 1. The van der Waals surface area contributed by atoms with Crippen molar-refractivity contribution >= 4 is 17.3 Å². The average Bonchev–Trinajstić information content (AvgIpc) is 2.41. The van der Waals surface area contributed by atoms with Gasteiger partial charge in [-0.3, -0.25) is 9.78 Å². The van der Waals surface area contributed by atoms with Crippen LogP contribution >= 0.6 is 0 Å². The van der Waals surface area contributed by atoms with Crippen LogP contribution in [0.25, 0.3) is 0 Å². The van der Waals surface area contributed by atoms with E-state index in [9.17, 15) is 4.79 Å². The Hall–Kier alpha value is -2.56. The van der Waals surface area contributed by atoms with Gasteiger partial charge in [-0.2, -0.15) is 0 Å². The normalized spacial score (nSPS) is 10.1. The molecule has 0 unspecified atom stereocenters. The second-order valence-electron chi connectivity index (χ2n) is 4.23. The molecule has 0 spiro atoms. The highest BCUT2D eigenvalue weighted by atomic mass is 16.1. The van der Waals surface area contributed by atoms with E-state index < -0.39 is 0 Å². The molecule has 19 heavy (non-hydrogen) atoms. The molecule has 4 N–H and O–H groups in total. The van der Waals surface area contributed by atoms with Gasteiger partial charge in [-0.25, -0.2) is 0 Å². The van der Waals surface area contributed by atoms with Gasteiger partial charge in [-0.15, -0.1) is 0 Å². The second kappa shape index (κ2) is 5.86. The van der Waals surface area contributed by atoms with Gasteiger partial charge in [0.1, 0.15) is 0 Å². The first-order valence-electron chi connectivity index (χ1n) is 5.93. The summed E-state index contributed by atoms with van der Waals surface area (Å²) in [6.45, 7) is 0.665. The maximum Gasteiger partial charge on any atom is 0.236 e. The van der Waals surface area contributed by atoms with Crippen LogP contribution in [0.3, 0.4) is 0 Å². The molecule has 1 aromatic heterocycles. The Morgan fingerprint density at radius 2 is 1.84 bits per heavy atom. The smallest absolute Gasteiger partial charge is 0.236 e. The fraction of sp³-hybridized carbons (Fsp3) is 0.143. The Kier molecular flexibility index (Phi) is 3.97. The van der Waals surface area contributed by atoms with E-state index in [-0.39, 0.29) is 12.5 Å². The number of pyridine rings is 1. The SMILES string of the molecule is NC(=O)CN(Cc1ccccc1N)c1ccncc1. The predicted molar refractivity (Wildman–Crippen MR) is 75.3 cm³/mol. The Morgan fingerprint density at radius 3 is 2.47 bits per heavy atom. The zero-order valence-corrected chi connectivity index (χ0v) is 10.5. The molecule has 0 saturated heterocycles. The summed E-state index contributed by atoms with van der Waals surface area (Å²) >= 11 is 0. The first-order valence-corrected chi connectivity index (χ1v) is 5.93. The minimum Gasteiger partial charge on any atom is -0.398 e. The molecular formula is C14H16N4O. The van der Waals surface area contributed by atoms with Crippen molar-refractivity contribution in [3.8, 4) is 0 Å². The molecule has 0 fully saturated rings. The molecule has 2 aromatic rings. The van der Waals surface area contributed by atoms with Gasteiger partial charge in [0, 0.05) is 30.3 Å². The third-order valence-electron chi connectivity index (χ3n) is 2.79. The minimum atomic E-state index is -0.383. The van der Waals surface area contributed by atoms with Crippen LogP contribution < -0.4 is 16.4 Å². The van der Waals surface area contributed by atoms with E-state index in [1.165, 1.54) is 0 Å². The zero-order valence-electron chi connectivity index (χ0n) is 10.5. The summed E-state index contributed by atoms with van der Waals surface area (Å²) in [6, 6.07) is 11.2. The summed E-state index contributed by atoms with van der Waals surface area (Å²) in [7, 11) is 0. The molecule has 5 nitrogen and oxygen atoms in total. The lowest BCUT2D eigenvalue weighted by molar-refractivity contribution is -0.116. The number of hydrogen-bond acceptors (Lipinski definition) is 4. The summed E-state index contributed by atoms with van der Waals surface area (Å²) in [5.74, 6) is -0.383. The number of carbonyl (C=O) groups is 1. The molecule has 1 amide bonds. The van der Waals surface area contributed by atoms with Crippen molar-refractivity contribution in [2.24, 2.45) is 5.73 Å². The summed E-state index contributed by atoms with van der Waals surface area (Å²) in [6.07, 6.45) is 3.36. The van der Waals surface area contributed by atoms with E-state index in [1.807, 2.05) is 41.3 Å². The monoisotopic (exact) mass is 256 g/mol. The zero-order chi connectivity index (χ0) is 13.7. The van der Waals surface area contributed by atoms with Crippen LogP contribution in [0.15, 0.2) is 48.8 Å². The molecule has 98 valence electrons. The molecule has 1 heterocycles. The van der Waals surface area contributed by atoms with Gasteiger partial charge in [-0.05, 0) is 23.8 Å². The number of nitrogens with zero attached hydrogens (tertiary/aromatic N) is 2. The van der Waals surface area contributed by atoms with Crippen molar-refractivity contribution < 1.29 is 4.79 Å². The molecule has 0 aliphatic heterocycles. The van der Waals surface area contributed by atoms with Gasteiger partial charge in [-0.1, -0.05) is 18.2 Å². The molecule has 2 rings (SSSR count). The number of anilines is 2. The summed E-state index contributed by atoms with van der Waals surface area (Å²) in [5.41, 5.74) is 13.8. The van der Waals surface area contributed by atoms with Gasteiger partial charge in [0.25, 0.3) is 0 Å². The first-order chi connectivity index (χ1) is 9.16. The summed E-state index contributed by atoms with van der Waals surface area (Å²) < 4.78 is 0. The van der Waals surface area contributed by atoms with Crippen LogP contribution in [0.1, 0.15) is 5.56 Å². The molecule has 0 aliphatic rings. The molecule has 1 aromatic carbocycles. The molecule has 0 saturated carbocycles. The lowest BCUT2D eigenvalue weighted by Gasteiger charge is -2.23. The molecular weight excluding hydrogens is 240 g/mol. The van der Waals surface area contributed by atoms with Crippen molar-refractivity contribution in [1.29, 1.82) is 0 Å². The number of nitrogen functional groups attached to an aromatic ring is 1. The highest BCUT2D eigenvalue weighted by molar-refractivity contribution is 5.79. The lowest BCUT2D eigenvalue weighted by atomic mass is 10.1. The van der Waals surface area contributed by atoms with Gasteiger partial charge in [0.15, 0.2) is 0 Å². The predicted octanol–water partition coefficient (Wildman–Crippen LogP) is 1.16. The van der Waals surface area contributed by atoms with E-state index in [2.05, 4.69) is 4.98 Å². The Labute approximate surface area is 111 Å². The van der Waals surface area contributed by atoms with E-state index in [4.69, 9.17) is 11.5 Å². The van der Waals surface area contributed by atoms with Crippen LogP contribution in [0.5, 0.6) is 0 Å². The van der Waals surface area contributed by atoms with Crippen molar-refractivity contribution in [3.05, 3.63) is 54.4 Å². The number of rotatable bonds is 5. The molecule has 5 heteroatoms. The summed E-state index contributed by atoms with van der Waals surface area (Å²) in [5, 5.41) is 0. The highest BCUT2D eigenvalue weighted by Gasteiger charge is 2.11. The highest BCUT2D eigenvalue weighted by Crippen LogP contribution is 2.19. The third kappa shape index (κ3) is 3.45. The molecule has 0 bridgehead atoms. The molecule has 0 radical (unpaired) electrons. The second-order valence-corrected chi connectivity index (χ2v) is 4.23. The Balaban J connectivity index is 2.24. The largest absolute Gasteiger partial charge is 0.398 e. The fourth-order valence-electron chi connectivity index (χ4n) is 1.87. The Morgan fingerprint density at radius 1 is 1.16 bits per heavy atom. The van der Waals surface area contributed by atoms with E-state index >= 15 is 0 Å². The number of carbonyl (C=O) groups excluding carboxylic acids is 1. The topological polar surface area (TPSA) is 85.2 Å². The van der Waals surface area contributed by atoms with Crippen molar-refractivity contribution in [2.75, 3.05) is 17.2 Å². The van der Waals surface area contributed by atoms with Gasteiger partial charge >= 0.3 is 0 Å². The molecule has 0 atom stereocenters. The number of primary amides is 1. The molecule has 0 aliphatic carbocycles. The first kappa shape index (κ1) is 12.9. The van der Waals surface area contributed by atoms with Crippen molar-refractivity contribution in [2.45, 2.75) is 6.54 Å². The van der Waals surface area contributed by atoms with Crippen LogP contribution in [0, 0.1) is 0 Å². The number of nitrogens with two attached hydrogens (primary N) is 2. The van der Waals surface area contributed by atoms with E-state index in [0.29, 0.717) is 12.2 Å². The van der Waals surface area contributed by atoms with E-state index in [0.717, 1.165) is 11.3 Å². The quantitative estimate of drug-likeness (QED) is 0.786. The average molecular weight is 256 g/mol. The van der Waals surface area contributed by atoms with Gasteiger partial charge in [0.05, 0.1) is 6.54 Å². The Bertz CT molecular complexity index is 556. The third-order valence-corrected chi connectivity index (χ3v) is 2.79. The number of hydrogen-bond donors (Lipinski definition) is 2. The number of para-hydroxylation sites is 1. The van der Waals surface area contributed by atoms with Crippen LogP contribution in [0.2, 0.25) is 0 Å². The van der Waals surface area contributed by atoms with Crippen molar-refractivity contribution in [3.63, 3.8) is 0 Å². The van der Waals surface area contributed by atoms with Crippen LogP contribution in [-0.2, 0) is 11.3 Å². The van der Waals surface area contributed by atoms with E-state index in [1.54, 1.807) is 12.4 Å². The number of aromatic nitrogens is 1. The summed E-state index contributed by atoms with van der Waals surface area (Å²) in [4.78, 5) is 17.0. The lowest BCUT2D eigenvalue weighted by Crippen LogP contribution is -2.33. The maximum absolute atomic E-state index is 11.2. The fourth-order valence-corrected chi connectivity index (χ4v) is 1.87. The van der Waals surface area contributed by atoms with Crippen LogP contribution in [0.4, 0.5) is 11.4 Å².